The number of thiocarbonyl (C=S) groups is 1. The number of nitrogens with one attached hydrogen (secondary N) is 1. The van der Waals surface area contributed by atoms with E-state index in [-0.39, 0.29) is 5.82 Å². The Hall–Kier alpha value is -1.61. The molecule has 0 bridgehead atoms. The fourth-order valence-electron chi connectivity index (χ4n) is 3.23. The molecule has 0 unspecified atom stereocenters. The molecule has 0 aromatic carbocycles. The van der Waals surface area contributed by atoms with Gasteiger partial charge in [0.1, 0.15) is 5.82 Å². The van der Waals surface area contributed by atoms with Gasteiger partial charge in [-0.25, -0.2) is 0 Å². The van der Waals surface area contributed by atoms with Crippen LogP contribution in [0, 0.1) is 22.7 Å². The predicted octanol–water partition coefficient (Wildman–Crippen LogP) is 0.663. The molecule has 5 nitrogen and oxygen atoms in total. The van der Waals surface area contributed by atoms with Crippen LogP contribution in [-0.2, 0) is 4.79 Å². The Bertz CT molecular complexity index is 471. The van der Waals surface area contributed by atoms with Crippen LogP contribution in [0.5, 0.6) is 0 Å². The summed E-state index contributed by atoms with van der Waals surface area (Å²) in [6.45, 7) is 0. The first-order chi connectivity index (χ1) is 8.53. The highest BCUT2D eigenvalue weighted by molar-refractivity contribution is 7.80. The van der Waals surface area contributed by atoms with Crippen LogP contribution in [0.15, 0.2) is 11.4 Å². The van der Waals surface area contributed by atoms with Crippen molar-refractivity contribution in [3.63, 3.8) is 0 Å². The highest BCUT2D eigenvalue weighted by atomic mass is 32.1. The van der Waals surface area contributed by atoms with Crippen LogP contribution in [0.1, 0.15) is 32.1 Å². The van der Waals surface area contributed by atoms with E-state index in [2.05, 4.69) is 11.4 Å². The summed E-state index contributed by atoms with van der Waals surface area (Å²) in [5.41, 5.74) is 11.2. The van der Waals surface area contributed by atoms with Gasteiger partial charge in [-0.1, -0.05) is 31.5 Å². The van der Waals surface area contributed by atoms with Crippen molar-refractivity contribution in [1.29, 1.82) is 5.26 Å². The summed E-state index contributed by atoms with van der Waals surface area (Å²) >= 11 is 5.20. The van der Waals surface area contributed by atoms with Gasteiger partial charge in [-0.3, -0.25) is 4.79 Å². The third kappa shape index (κ3) is 1.75. The molecule has 1 spiro atoms. The number of nitrogens with zero attached hydrogens (tertiary/aromatic N) is 1. The molecule has 0 aromatic rings. The van der Waals surface area contributed by atoms with E-state index in [1.807, 2.05) is 0 Å². The van der Waals surface area contributed by atoms with Gasteiger partial charge in [-0.15, -0.1) is 0 Å². The fraction of sp³-hybridized carbons (Fsp3) is 0.583. The molecule has 1 heterocycles. The summed E-state index contributed by atoms with van der Waals surface area (Å²) in [5, 5.41) is 12.1. The first-order valence-electron chi connectivity index (χ1n) is 6.03. The smallest absolute Gasteiger partial charge is 0.228 e. The van der Waals surface area contributed by atoms with Gasteiger partial charge in [0.25, 0.3) is 0 Å². The minimum atomic E-state index is -0.616. The van der Waals surface area contributed by atoms with Crippen molar-refractivity contribution in [3.05, 3.63) is 11.4 Å². The van der Waals surface area contributed by atoms with E-state index in [9.17, 15) is 10.1 Å². The summed E-state index contributed by atoms with van der Waals surface area (Å²) in [4.78, 5) is 12.1. The molecular formula is C12H16N4OS. The largest absolute Gasteiger partial charge is 0.384 e. The number of nitriles is 1. The number of nitrogens with two attached hydrogens (primary N) is 2. The zero-order valence-electron chi connectivity index (χ0n) is 10.0. The highest BCUT2D eigenvalue weighted by Gasteiger charge is 2.51. The number of hydrogen-bond donors (Lipinski definition) is 3. The second-order valence-corrected chi connectivity index (χ2v) is 5.38. The number of primary amides is 1. The fourth-order valence-corrected chi connectivity index (χ4v) is 3.68. The summed E-state index contributed by atoms with van der Waals surface area (Å²) < 4.78 is 0. The van der Waals surface area contributed by atoms with Gasteiger partial charge in [0, 0.05) is 5.41 Å². The van der Waals surface area contributed by atoms with E-state index in [0.717, 1.165) is 32.1 Å². The van der Waals surface area contributed by atoms with Gasteiger partial charge in [0.05, 0.1) is 22.5 Å². The van der Waals surface area contributed by atoms with Crippen LogP contribution in [0.25, 0.3) is 0 Å². The summed E-state index contributed by atoms with van der Waals surface area (Å²) in [7, 11) is 0. The van der Waals surface area contributed by atoms with Crippen molar-refractivity contribution in [2.45, 2.75) is 32.1 Å². The topological polar surface area (TPSA) is 105 Å². The molecule has 2 aliphatic rings. The molecule has 0 aromatic heterocycles. The molecule has 18 heavy (non-hydrogen) atoms. The lowest BCUT2D eigenvalue weighted by Crippen LogP contribution is -2.55. The Morgan fingerprint density at radius 3 is 2.56 bits per heavy atom. The zero-order valence-corrected chi connectivity index (χ0v) is 10.8. The third-order valence-corrected chi connectivity index (χ3v) is 4.32. The van der Waals surface area contributed by atoms with Crippen molar-refractivity contribution in [2.24, 2.45) is 22.8 Å². The first kappa shape index (κ1) is 12.8. The van der Waals surface area contributed by atoms with E-state index >= 15 is 0 Å². The van der Waals surface area contributed by atoms with Crippen LogP contribution in [-0.4, -0.2) is 10.9 Å². The molecule has 6 heteroatoms. The monoisotopic (exact) mass is 264 g/mol. The zero-order chi connectivity index (χ0) is 13.3. The van der Waals surface area contributed by atoms with E-state index in [1.165, 1.54) is 0 Å². The molecular weight excluding hydrogens is 248 g/mol. The molecule has 96 valence electrons. The van der Waals surface area contributed by atoms with E-state index in [4.69, 9.17) is 23.7 Å². The molecule has 0 saturated heterocycles. The minimum Gasteiger partial charge on any atom is -0.384 e. The maximum absolute atomic E-state index is 11.7. The Morgan fingerprint density at radius 1 is 1.44 bits per heavy atom. The maximum atomic E-state index is 11.7. The van der Waals surface area contributed by atoms with E-state index < -0.39 is 17.2 Å². The average molecular weight is 264 g/mol. The maximum Gasteiger partial charge on any atom is 0.228 e. The Kier molecular flexibility index (Phi) is 3.26. The van der Waals surface area contributed by atoms with Gasteiger partial charge in [-0.05, 0) is 12.8 Å². The number of carbonyl (C=O) groups excluding carboxylic acids is 1. The molecule has 1 atom stereocenters. The van der Waals surface area contributed by atoms with Gasteiger partial charge < -0.3 is 16.8 Å². The lowest BCUT2D eigenvalue weighted by molar-refractivity contribution is -0.123. The van der Waals surface area contributed by atoms with Crippen molar-refractivity contribution in [1.82, 2.24) is 5.32 Å². The summed E-state index contributed by atoms with van der Waals surface area (Å²) in [5.74, 6) is -0.814. The normalized spacial score (nSPS) is 26.6. The summed E-state index contributed by atoms with van der Waals surface area (Å²) in [6.07, 6.45) is 4.51. The highest BCUT2D eigenvalue weighted by Crippen LogP contribution is 2.50. The van der Waals surface area contributed by atoms with Crippen LogP contribution >= 0.6 is 12.2 Å². The SMILES string of the molecule is N#CC1=C(N)NC(=S)[C@@H](C(N)=O)C12CCCCC2. The second-order valence-electron chi connectivity index (χ2n) is 4.94. The number of hydrogen-bond acceptors (Lipinski definition) is 4. The van der Waals surface area contributed by atoms with Crippen molar-refractivity contribution in [2.75, 3.05) is 0 Å². The quantitative estimate of drug-likeness (QED) is 0.603. The van der Waals surface area contributed by atoms with Gasteiger partial charge in [0.15, 0.2) is 0 Å². The van der Waals surface area contributed by atoms with Crippen LogP contribution in [0.4, 0.5) is 0 Å². The van der Waals surface area contributed by atoms with Crippen molar-refractivity contribution >= 4 is 23.1 Å². The first-order valence-corrected chi connectivity index (χ1v) is 6.44. The predicted molar refractivity (Wildman–Crippen MR) is 70.8 cm³/mol. The summed E-state index contributed by atoms with van der Waals surface area (Å²) in [6, 6.07) is 2.14. The van der Waals surface area contributed by atoms with Crippen molar-refractivity contribution < 1.29 is 4.79 Å². The van der Waals surface area contributed by atoms with Crippen molar-refractivity contribution in [3.8, 4) is 6.07 Å². The second kappa shape index (κ2) is 4.58. The molecule has 5 N–H and O–H groups in total. The molecule has 1 fully saturated rings. The van der Waals surface area contributed by atoms with E-state index in [1.54, 1.807) is 0 Å². The Balaban J connectivity index is 2.57. The third-order valence-electron chi connectivity index (χ3n) is 3.98. The lowest BCUT2D eigenvalue weighted by atomic mass is 9.60. The van der Waals surface area contributed by atoms with Gasteiger partial charge >= 0.3 is 0 Å². The van der Waals surface area contributed by atoms with Gasteiger partial charge in [-0.2, -0.15) is 5.26 Å². The average Bonchev–Trinajstić information content (AvgIpc) is 2.29. The van der Waals surface area contributed by atoms with E-state index in [0.29, 0.717) is 10.6 Å². The molecule has 1 amide bonds. The van der Waals surface area contributed by atoms with Crippen LogP contribution in [0.2, 0.25) is 0 Å². The minimum absolute atomic E-state index is 0.280. The number of allylic oxidation sites excluding steroid dienone is 1. The Morgan fingerprint density at radius 2 is 2.06 bits per heavy atom. The number of carbonyl (C=O) groups is 1. The van der Waals surface area contributed by atoms with Crippen LogP contribution in [0.3, 0.4) is 0 Å². The van der Waals surface area contributed by atoms with Crippen LogP contribution < -0.4 is 16.8 Å². The number of amides is 1. The number of rotatable bonds is 1. The molecule has 2 rings (SSSR count). The standard InChI is InChI=1S/C12H16N4OS/c13-6-7-9(14)16-11(18)8(10(15)17)12(7)4-2-1-3-5-12/h8H,1-5,14H2,(H2,15,17)(H,16,18)/t8-/m1/s1. The molecule has 1 aliphatic heterocycles. The molecule has 1 aliphatic carbocycles. The lowest BCUT2D eigenvalue weighted by Gasteiger charge is -2.45. The molecule has 0 radical (unpaired) electrons. The molecule has 1 saturated carbocycles. The van der Waals surface area contributed by atoms with Gasteiger partial charge in [0.2, 0.25) is 5.91 Å². The Labute approximate surface area is 111 Å².